The lowest BCUT2D eigenvalue weighted by Crippen LogP contribution is -1.97. The van der Waals surface area contributed by atoms with Gasteiger partial charge in [-0.05, 0) is 95.7 Å². The average molecular weight is 554 g/mol. The first-order valence-electron chi connectivity index (χ1n) is 9.51. The van der Waals surface area contributed by atoms with E-state index in [9.17, 15) is 5.26 Å². The molecule has 0 radical (unpaired) electrons. The van der Waals surface area contributed by atoms with Gasteiger partial charge in [0.05, 0.1) is 20.6 Å². The molecule has 0 aliphatic rings. The number of benzene rings is 4. The molecule has 4 aromatic carbocycles. The monoisotopic (exact) mass is 551 g/mol. The first-order chi connectivity index (χ1) is 15.0. The smallest absolute Gasteiger partial charge is 0.148 e. The Labute approximate surface area is 203 Å². The third-order valence-corrected chi connectivity index (χ3v) is 6.24. The fourth-order valence-electron chi connectivity index (χ4n) is 3.24. The Morgan fingerprint density at radius 2 is 1.58 bits per heavy atom. The standard InChI is InChI=1S/C26H16Br2ClNO/c27-24-12-18(13-25(28)26(24)31-16-17-5-9-23(29)10-6-17)11-22(15-30)21-8-7-19-3-1-2-4-20(19)14-21/h1-14H,16H2/b22-11-. The molecular formula is C26H16Br2ClNO. The maximum atomic E-state index is 9.76. The van der Waals surface area contributed by atoms with Gasteiger partial charge in [-0.25, -0.2) is 0 Å². The van der Waals surface area contributed by atoms with Crippen molar-refractivity contribution in [3.63, 3.8) is 0 Å². The number of hydrogen-bond acceptors (Lipinski definition) is 2. The van der Waals surface area contributed by atoms with Crippen molar-refractivity contribution in [3.8, 4) is 11.8 Å². The molecule has 0 N–H and O–H groups in total. The molecule has 0 aliphatic heterocycles. The van der Waals surface area contributed by atoms with E-state index in [1.54, 1.807) is 0 Å². The van der Waals surface area contributed by atoms with Gasteiger partial charge in [0.15, 0.2) is 0 Å². The summed E-state index contributed by atoms with van der Waals surface area (Å²) in [4.78, 5) is 0. The molecule has 0 aliphatic carbocycles. The molecule has 152 valence electrons. The summed E-state index contributed by atoms with van der Waals surface area (Å²) >= 11 is 13.1. The van der Waals surface area contributed by atoms with E-state index in [4.69, 9.17) is 16.3 Å². The van der Waals surface area contributed by atoms with Gasteiger partial charge >= 0.3 is 0 Å². The summed E-state index contributed by atoms with van der Waals surface area (Å²) in [6.45, 7) is 0.421. The molecule has 0 heterocycles. The van der Waals surface area contributed by atoms with E-state index in [0.29, 0.717) is 23.0 Å². The molecule has 2 nitrogen and oxygen atoms in total. The molecule has 4 aromatic rings. The SMILES string of the molecule is N#C/C(=C/c1cc(Br)c(OCc2ccc(Cl)cc2)c(Br)c1)c1ccc2ccccc2c1. The Hall–Kier alpha value is -2.58. The number of fused-ring (bicyclic) bond motifs is 1. The van der Waals surface area contributed by atoms with E-state index in [0.717, 1.165) is 36.4 Å². The number of halogens is 3. The second-order valence-electron chi connectivity index (χ2n) is 6.96. The zero-order valence-corrected chi connectivity index (χ0v) is 20.2. The minimum absolute atomic E-state index is 0.421. The molecule has 0 unspecified atom stereocenters. The third-order valence-electron chi connectivity index (χ3n) is 4.81. The summed E-state index contributed by atoms with van der Waals surface area (Å²) in [7, 11) is 0. The van der Waals surface area contributed by atoms with Gasteiger partial charge in [0.2, 0.25) is 0 Å². The van der Waals surface area contributed by atoms with Crippen LogP contribution in [0, 0.1) is 11.3 Å². The van der Waals surface area contributed by atoms with Crippen molar-refractivity contribution in [1.82, 2.24) is 0 Å². The Morgan fingerprint density at radius 1 is 0.903 bits per heavy atom. The number of ether oxygens (including phenoxy) is 1. The highest BCUT2D eigenvalue weighted by Gasteiger charge is 2.10. The quantitative estimate of drug-likeness (QED) is 0.183. The summed E-state index contributed by atoms with van der Waals surface area (Å²) in [6, 6.07) is 27.9. The van der Waals surface area contributed by atoms with Crippen LogP contribution in [0.1, 0.15) is 16.7 Å². The molecule has 0 saturated carbocycles. The van der Waals surface area contributed by atoms with Crippen LogP contribution >= 0.6 is 43.5 Å². The highest BCUT2D eigenvalue weighted by molar-refractivity contribution is 9.11. The van der Waals surface area contributed by atoms with Crippen molar-refractivity contribution in [2.75, 3.05) is 0 Å². The van der Waals surface area contributed by atoms with E-state index in [-0.39, 0.29) is 0 Å². The number of rotatable bonds is 5. The van der Waals surface area contributed by atoms with E-state index in [1.807, 2.05) is 78.9 Å². The van der Waals surface area contributed by atoms with Crippen molar-refractivity contribution in [1.29, 1.82) is 5.26 Å². The van der Waals surface area contributed by atoms with Gasteiger partial charge in [-0.2, -0.15) is 5.26 Å². The van der Waals surface area contributed by atoms with Crippen LogP contribution in [0.5, 0.6) is 5.75 Å². The van der Waals surface area contributed by atoms with Gasteiger partial charge in [0, 0.05) is 5.02 Å². The van der Waals surface area contributed by atoms with E-state index in [2.05, 4.69) is 44.0 Å². The van der Waals surface area contributed by atoms with E-state index < -0.39 is 0 Å². The molecular weight excluding hydrogens is 538 g/mol. The summed E-state index contributed by atoms with van der Waals surface area (Å²) in [6.07, 6.45) is 1.88. The van der Waals surface area contributed by atoms with Crippen LogP contribution in [0.3, 0.4) is 0 Å². The number of nitriles is 1. The molecule has 0 amide bonds. The molecule has 0 atom stereocenters. The van der Waals surface area contributed by atoms with Crippen LogP contribution in [0.25, 0.3) is 22.4 Å². The van der Waals surface area contributed by atoms with Crippen LogP contribution in [-0.2, 0) is 6.61 Å². The molecule has 0 fully saturated rings. The molecule has 4 rings (SSSR count). The predicted molar refractivity (Wildman–Crippen MR) is 135 cm³/mol. The van der Waals surface area contributed by atoms with E-state index >= 15 is 0 Å². The van der Waals surface area contributed by atoms with Crippen LogP contribution < -0.4 is 4.74 Å². The minimum Gasteiger partial charge on any atom is -0.487 e. The fraction of sp³-hybridized carbons (Fsp3) is 0.0385. The molecule has 5 heteroatoms. The van der Waals surface area contributed by atoms with Crippen molar-refractivity contribution < 1.29 is 4.74 Å². The summed E-state index contributed by atoms with van der Waals surface area (Å²) in [5.74, 6) is 0.705. The van der Waals surface area contributed by atoms with Gasteiger partial charge in [0.1, 0.15) is 12.4 Å². The Kier molecular flexibility index (Phi) is 6.77. The van der Waals surface area contributed by atoms with Gasteiger partial charge in [-0.15, -0.1) is 0 Å². The number of allylic oxidation sites excluding steroid dienone is 1. The lowest BCUT2D eigenvalue weighted by molar-refractivity contribution is 0.302. The zero-order valence-electron chi connectivity index (χ0n) is 16.3. The normalized spacial score (nSPS) is 11.4. The fourth-order valence-corrected chi connectivity index (χ4v) is 4.82. The number of hydrogen-bond donors (Lipinski definition) is 0. The van der Waals surface area contributed by atoms with Crippen LogP contribution in [-0.4, -0.2) is 0 Å². The largest absolute Gasteiger partial charge is 0.487 e. The molecule has 0 spiro atoms. The maximum Gasteiger partial charge on any atom is 0.148 e. The third kappa shape index (κ3) is 5.19. The van der Waals surface area contributed by atoms with Gasteiger partial charge in [-0.1, -0.05) is 60.1 Å². The minimum atomic E-state index is 0.421. The summed E-state index contributed by atoms with van der Waals surface area (Å²) in [5.41, 5.74) is 3.40. The Balaban J connectivity index is 1.60. The Morgan fingerprint density at radius 3 is 2.26 bits per heavy atom. The zero-order chi connectivity index (χ0) is 21.8. The van der Waals surface area contributed by atoms with Crippen LogP contribution in [0.4, 0.5) is 0 Å². The topological polar surface area (TPSA) is 33.0 Å². The Bertz CT molecular complexity index is 1300. The molecule has 0 saturated heterocycles. The van der Waals surface area contributed by atoms with E-state index in [1.165, 1.54) is 0 Å². The van der Waals surface area contributed by atoms with Gasteiger partial charge in [-0.3, -0.25) is 0 Å². The highest BCUT2D eigenvalue weighted by atomic mass is 79.9. The lowest BCUT2D eigenvalue weighted by Gasteiger charge is -2.12. The molecule has 0 aromatic heterocycles. The highest BCUT2D eigenvalue weighted by Crippen LogP contribution is 2.36. The maximum absolute atomic E-state index is 9.76. The first kappa shape index (κ1) is 21.6. The van der Waals surface area contributed by atoms with Gasteiger partial charge < -0.3 is 4.74 Å². The van der Waals surface area contributed by atoms with Crippen LogP contribution in [0.15, 0.2) is 87.8 Å². The summed E-state index contributed by atoms with van der Waals surface area (Å²) < 4.78 is 7.60. The lowest BCUT2D eigenvalue weighted by atomic mass is 10.0. The van der Waals surface area contributed by atoms with Crippen molar-refractivity contribution in [2.45, 2.75) is 6.61 Å². The first-order valence-corrected chi connectivity index (χ1v) is 11.5. The van der Waals surface area contributed by atoms with Crippen molar-refractivity contribution in [2.24, 2.45) is 0 Å². The summed E-state index contributed by atoms with van der Waals surface area (Å²) in [5, 5.41) is 12.7. The van der Waals surface area contributed by atoms with Crippen molar-refractivity contribution >= 4 is 65.9 Å². The second-order valence-corrected chi connectivity index (χ2v) is 9.11. The average Bonchev–Trinajstić information content (AvgIpc) is 2.78. The second kappa shape index (κ2) is 9.70. The van der Waals surface area contributed by atoms with Crippen molar-refractivity contribution in [3.05, 3.63) is 110 Å². The predicted octanol–water partition coefficient (Wildman–Crippen LogP) is 8.66. The van der Waals surface area contributed by atoms with Crippen LogP contribution in [0.2, 0.25) is 5.02 Å². The molecule has 31 heavy (non-hydrogen) atoms. The van der Waals surface area contributed by atoms with Gasteiger partial charge in [0.25, 0.3) is 0 Å². The molecule has 0 bridgehead atoms. The number of nitrogens with zero attached hydrogens (tertiary/aromatic N) is 1.